The number of nitrogen functional groups attached to an aromatic ring is 1. The van der Waals surface area contributed by atoms with E-state index in [1.807, 2.05) is 22.9 Å². The SMILES string of the molecule is Nc1ncnc2c1cnn2CC(Br)c1ccccc1. The summed E-state index contributed by atoms with van der Waals surface area (Å²) in [7, 11) is 0. The number of hydrogen-bond acceptors (Lipinski definition) is 4. The van der Waals surface area contributed by atoms with Crippen LogP contribution < -0.4 is 5.73 Å². The van der Waals surface area contributed by atoms with Crippen molar-refractivity contribution in [3.8, 4) is 0 Å². The third-order valence-corrected chi connectivity index (χ3v) is 3.78. The fourth-order valence-electron chi connectivity index (χ4n) is 1.96. The molecule has 0 spiro atoms. The number of halogens is 1. The number of nitrogens with two attached hydrogens (primary N) is 1. The average molecular weight is 318 g/mol. The molecule has 0 aliphatic rings. The first-order chi connectivity index (χ1) is 9.25. The van der Waals surface area contributed by atoms with Crippen LogP contribution in [0.4, 0.5) is 5.82 Å². The molecule has 0 radical (unpaired) electrons. The van der Waals surface area contributed by atoms with Gasteiger partial charge in [0.2, 0.25) is 0 Å². The minimum absolute atomic E-state index is 0.174. The van der Waals surface area contributed by atoms with Crippen molar-refractivity contribution in [2.45, 2.75) is 11.4 Å². The van der Waals surface area contributed by atoms with Crippen molar-refractivity contribution in [2.75, 3.05) is 5.73 Å². The Morgan fingerprint density at radius 3 is 2.79 bits per heavy atom. The standard InChI is InChI=1S/C13H12BrN5/c14-11(9-4-2-1-3-5-9)7-19-13-10(6-18-19)12(15)16-8-17-13/h1-6,8,11H,7H2,(H2,15,16,17). The van der Waals surface area contributed by atoms with Crippen molar-refractivity contribution in [3.63, 3.8) is 0 Å². The molecule has 3 rings (SSSR count). The quantitative estimate of drug-likeness (QED) is 0.754. The first kappa shape index (κ1) is 12.1. The van der Waals surface area contributed by atoms with E-state index in [9.17, 15) is 0 Å². The summed E-state index contributed by atoms with van der Waals surface area (Å²) < 4.78 is 1.83. The number of alkyl halides is 1. The van der Waals surface area contributed by atoms with Crippen LogP contribution in [0.2, 0.25) is 0 Å². The van der Waals surface area contributed by atoms with Gasteiger partial charge in [0.1, 0.15) is 12.1 Å². The number of fused-ring (bicyclic) bond motifs is 1. The van der Waals surface area contributed by atoms with E-state index in [0.717, 1.165) is 11.0 Å². The summed E-state index contributed by atoms with van der Waals surface area (Å²) in [6.45, 7) is 0.684. The maximum Gasteiger partial charge on any atom is 0.163 e. The van der Waals surface area contributed by atoms with Crippen LogP contribution in [0.15, 0.2) is 42.9 Å². The summed E-state index contributed by atoms with van der Waals surface area (Å²) in [6.07, 6.45) is 3.16. The molecule has 2 heterocycles. The lowest BCUT2D eigenvalue weighted by Crippen LogP contribution is -2.06. The molecule has 2 N–H and O–H groups in total. The highest BCUT2D eigenvalue weighted by atomic mass is 79.9. The summed E-state index contributed by atoms with van der Waals surface area (Å²) in [5.41, 5.74) is 7.75. The Kier molecular flexibility index (Phi) is 3.16. The van der Waals surface area contributed by atoms with Crippen molar-refractivity contribution in [2.24, 2.45) is 0 Å². The van der Waals surface area contributed by atoms with Gasteiger partial charge in [-0.05, 0) is 5.56 Å². The van der Waals surface area contributed by atoms with Crippen LogP contribution in [0.25, 0.3) is 11.0 Å². The minimum atomic E-state index is 0.174. The molecule has 0 saturated heterocycles. The number of rotatable bonds is 3. The smallest absolute Gasteiger partial charge is 0.163 e. The molecule has 1 atom stereocenters. The van der Waals surface area contributed by atoms with E-state index >= 15 is 0 Å². The lowest BCUT2D eigenvalue weighted by atomic mass is 10.1. The molecule has 0 aliphatic heterocycles. The van der Waals surface area contributed by atoms with Gasteiger partial charge in [0.15, 0.2) is 5.65 Å². The Morgan fingerprint density at radius 2 is 2.00 bits per heavy atom. The number of aromatic nitrogens is 4. The monoisotopic (exact) mass is 317 g/mol. The fraction of sp³-hybridized carbons (Fsp3) is 0.154. The summed E-state index contributed by atoms with van der Waals surface area (Å²) in [6, 6.07) is 10.2. The molecule has 0 fully saturated rings. The Labute approximate surface area is 118 Å². The molecule has 1 aromatic carbocycles. The first-order valence-electron chi connectivity index (χ1n) is 5.86. The lowest BCUT2D eigenvalue weighted by Gasteiger charge is -2.10. The van der Waals surface area contributed by atoms with Crippen molar-refractivity contribution in [1.29, 1.82) is 0 Å². The van der Waals surface area contributed by atoms with Crippen molar-refractivity contribution in [1.82, 2.24) is 19.7 Å². The second kappa shape index (κ2) is 4.97. The normalized spacial score (nSPS) is 12.7. The second-order valence-electron chi connectivity index (χ2n) is 4.20. The van der Waals surface area contributed by atoms with Gasteiger partial charge in [-0.3, -0.25) is 0 Å². The van der Waals surface area contributed by atoms with Crippen molar-refractivity contribution >= 4 is 32.8 Å². The van der Waals surface area contributed by atoms with Gasteiger partial charge < -0.3 is 5.73 Å². The maximum atomic E-state index is 5.80. The zero-order valence-electron chi connectivity index (χ0n) is 10.1. The Hall–Kier alpha value is -1.95. The first-order valence-corrected chi connectivity index (χ1v) is 6.78. The van der Waals surface area contributed by atoms with Crippen LogP contribution in [-0.4, -0.2) is 19.7 Å². The molecule has 0 bridgehead atoms. The molecule has 5 nitrogen and oxygen atoms in total. The van der Waals surface area contributed by atoms with E-state index in [1.54, 1.807) is 6.20 Å². The highest BCUT2D eigenvalue weighted by Crippen LogP contribution is 2.26. The van der Waals surface area contributed by atoms with Gasteiger partial charge in [-0.2, -0.15) is 5.10 Å². The summed E-state index contributed by atoms with van der Waals surface area (Å²) in [5.74, 6) is 0.460. The highest BCUT2D eigenvalue weighted by molar-refractivity contribution is 9.09. The molecule has 0 saturated carbocycles. The second-order valence-corrected chi connectivity index (χ2v) is 5.31. The number of hydrogen-bond donors (Lipinski definition) is 1. The molecule has 0 aliphatic carbocycles. The van der Waals surface area contributed by atoms with E-state index in [1.165, 1.54) is 11.9 Å². The van der Waals surface area contributed by atoms with E-state index in [4.69, 9.17) is 5.73 Å². The zero-order valence-corrected chi connectivity index (χ0v) is 11.7. The predicted octanol–water partition coefficient (Wildman–Crippen LogP) is 2.54. The van der Waals surface area contributed by atoms with Crippen LogP contribution in [0.3, 0.4) is 0 Å². The third-order valence-electron chi connectivity index (χ3n) is 2.96. The van der Waals surface area contributed by atoms with Crippen LogP contribution in [0, 0.1) is 0 Å². The van der Waals surface area contributed by atoms with Gasteiger partial charge in [0, 0.05) is 0 Å². The van der Waals surface area contributed by atoms with Crippen molar-refractivity contribution in [3.05, 3.63) is 48.4 Å². The van der Waals surface area contributed by atoms with Gasteiger partial charge in [0.05, 0.1) is 23.0 Å². The summed E-state index contributed by atoms with van der Waals surface area (Å²) >= 11 is 3.68. The molecular weight excluding hydrogens is 306 g/mol. The van der Waals surface area contributed by atoms with Gasteiger partial charge in [-0.15, -0.1) is 0 Å². The van der Waals surface area contributed by atoms with Gasteiger partial charge >= 0.3 is 0 Å². The number of anilines is 1. The van der Waals surface area contributed by atoms with Gasteiger partial charge in [-0.25, -0.2) is 14.6 Å². The van der Waals surface area contributed by atoms with Crippen LogP contribution >= 0.6 is 15.9 Å². The van der Waals surface area contributed by atoms with E-state index in [-0.39, 0.29) is 4.83 Å². The summed E-state index contributed by atoms with van der Waals surface area (Å²) in [4.78, 5) is 8.37. The third kappa shape index (κ3) is 2.31. The lowest BCUT2D eigenvalue weighted by molar-refractivity contribution is 0.626. The number of benzene rings is 1. The Balaban J connectivity index is 1.92. The van der Waals surface area contributed by atoms with Crippen LogP contribution in [-0.2, 0) is 6.54 Å². The van der Waals surface area contributed by atoms with E-state index in [0.29, 0.717) is 12.4 Å². The number of nitrogens with zero attached hydrogens (tertiary/aromatic N) is 4. The fourth-order valence-corrected chi connectivity index (χ4v) is 2.54. The molecule has 3 aromatic rings. The Morgan fingerprint density at radius 1 is 1.21 bits per heavy atom. The zero-order chi connectivity index (χ0) is 13.2. The molecular formula is C13H12BrN5. The molecule has 96 valence electrons. The highest BCUT2D eigenvalue weighted by Gasteiger charge is 2.12. The Bertz CT molecular complexity index is 695. The maximum absolute atomic E-state index is 5.80. The van der Waals surface area contributed by atoms with Crippen molar-refractivity contribution < 1.29 is 0 Å². The van der Waals surface area contributed by atoms with Gasteiger partial charge in [-0.1, -0.05) is 46.3 Å². The van der Waals surface area contributed by atoms with Gasteiger partial charge in [0.25, 0.3) is 0 Å². The van der Waals surface area contributed by atoms with Crippen LogP contribution in [0.1, 0.15) is 10.4 Å². The van der Waals surface area contributed by atoms with Crippen LogP contribution in [0.5, 0.6) is 0 Å². The topological polar surface area (TPSA) is 69.6 Å². The average Bonchev–Trinajstić information content (AvgIpc) is 2.84. The predicted molar refractivity (Wildman–Crippen MR) is 77.8 cm³/mol. The van der Waals surface area contributed by atoms with E-state index < -0.39 is 0 Å². The van der Waals surface area contributed by atoms with E-state index in [2.05, 4.69) is 43.1 Å². The molecule has 2 aromatic heterocycles. The molecule has 6 heteroatoms. The molecule has 1 unspecified atom stereocenters. The minimum Gasteiger partial charge on any atom is -0.383 e. The molecule has 0 amide bonds. The molecule has 19 heavy (non-hydrogen) atoms. The largest absolute Gasteiger partial charge is 0.383 e. The summed E-state index contributed by atoms with van der Waals surface area (Å²) in [5, 5.41) is 5.11.